The summed E-state index contributed by atoms with van der Waals surface area (Å²) in [6.07, 6.45) is 14.1. The molecule has 1 saturated carbocycles. The molecule has 0 nitrogen and oxygen atoms in total. The number of rotatable bonds is 13. The van der Waals surface area contributed by atoms with Gasteiger partial charge in [0, 0.05) is 0 Å². The molecule has 0 saturated heterocycles. The predicted octanol–water partition coefficient (Wildman–Crippen LogP) is 9.80. The molecule has 0 aromatic heterocycles. The van der Waals surface area contributed by atoms with Gasteiger partial charge in [0.05, 0.1) is 0 Å². The standard InChI is InChI=1S/C36H51B/c1-8-13-26(2)14-9-10-15-28(4)34-23-22-33(30(6)24-32-20-18-27(3)19-21-32)25-35(34)31(7)37-36-17-12-11-16-29(36)5/h11-12,16-17,22-23,25-27,32H,4,6,8-10,13-15,18-21,24H2,1-3,5,7H3/t26-,27?,32?/m0/s1. The van der Waals surface area contributed by atoms with Gasteiger partial charge in [0.15, 0.2) is 0 Å². The summed E-state index contributed by atoms with van der Waals surface area (Å²) >= 11 is 0. The van der Waals surface area contributed by atoms with Gasteiger partial charge in [-0.05, 0) is 0 Å². The summed E-state index contributed by atoms with van der Waals surface area (Å²) in [5, 5.41) is 0. The molecule has 0 radical (unpaired) electrons. The van der Waals surface area contributed by atoms with Crippen LogP contribution in [0.4, 0.5) is 0 Å². The van der Waals surface area contributed by atoms with Crippen molar-refractivity contribution in [3.63, 3.8) is 0 Å². The van der Waals surface area contributed by atoms with E-state index in [0.717, 1.165) is 30.6 Å². The summed E-state index contributed by atoms with van der Waals surface area (Å²) in [7, 11) is 0. The molecule has 0 heterocycles. The second-order valence-electron chi connectivity index (χ2n) is 12.1. The fourth-order valence-corrected chi connectivity index (χ4v) is 6.06. The van der Waals surface area contributed by atoms with Crippen LogP contribution < -0.4 is 5.46 Å². The summed E-state index contributed by atoms with van der Waals surface area (Å²) in [5.74, 6) is 2.52. The molecule has 1 atom stereocenters. The van der Waals surface area contributed by atoms with E-state index < -0.39 is 0 Å². The minimum absolute atomic E-state index is 0.792. The molecule has 0 aliphatic heterocycles. The van der Waals surface area contributed by atoms with Crippen LogP contribution in [0.25, 0.3) is 11.1 Å². The molecular formula is C36H51B. The molecule has 37 heavy (non-hydrogen) atoms. The van der Waals surface area contributed by atoms with Crippen molar-refractivity contribution in [2.75, 3.05) is 0 Å². The molecule has 2 aromatic rings. The third-order valence-electron chi connectivity index (χ3n) is 8.67. The Labute approximate surface area is 229 Å². The minimum atomic E-state index is 0.792. The third kappa shape index (κ3) is 8.98. The van der Waals surface area contributed by atoms with Crippen LogP contribution >= 0.6 is 0 Å². The van der Waals surface area contributed by atoms with E-state index in [2.05, 4.69) is 97.2 Å². The summed E-state index contributed by atoms with van der Waals surface area (Å²) in [6.45, 7) is 23.0. The zero-order valence-corrected chi connectivity index (χ0v) is 24.5. The number of benzene rings is 2. The topological polar surface area (TPSA) is 0 Å². The maximum atomic E-state index is 4.57. The quantitative estimate of drug-likeness (QED) is 0.192. The fourth-order valence-electron chi connectivity index (χ4n) is 6.06. The Morgan fingerprint density at radius 2 is 1.68 bits per heavy atom. The predicted molar refractivity (Wildman–Crippen MR) is 169 cm³/mol. The van der Waals surface area contributed by atoms with Gasteiger partial charge in [-0.1, -0.05) is 0 Å². The number of aryl methyl sites for hydroxylation is 1. The molecule has 198 valence electrons. The monoisotopic (exact) mass is 494 g/mol. The van der Waals surface area contributed by atoms with Crippen molar-refractivity contribution in [1.82, 2.24) is 0 Å². The Morgan fingerprint density at radius 1 is 0.946 bits per heavy atom. The van der Waals surface area contributed by atoms with Crippen LogP contribution in [0.1, 0.15) is 121 Å². The molecule has 1 heteroatoms. The second-order valence-corrected chi connectivity index (χ2v) is 12.1. The van der Waals surface area contributed by atoms with E-state index in [4.69, 9.17) is 0 Å². The molecule has 0 amide bonds. The summed E-state index contributed by atoms with van der Waals surface area (Å²) in [5.41, 5.74) is 10.4. The van der Waals surface area contributed by atoms with Gasteiger partial charge in [-0.2, -0.15) is 0 Å². The molecule has 2 aromatic carbocycles. The first kappa shape index (κ1) is 29.4. The molecule has 0 N–H and O–H groups in total. The molecule has 1 fully saturated rings. The first-order valence-electron chi connectivity index (χ1n) is 15.0. The average Bonchev–Trinajstić information content (AvgIpc) is 2.89. The van der Waals surface area contributed by atoms with Gasteiger partial charge in [-0.3, -0.25) is 0 Å². The molecular weight excluding hydrogens is 443 g/mol. The van der Waals surface area contributed by atoms with Crippen molar-refractivity contribution >= 4 is 29.0 Å². The average molecular weight is 495 g/mol. The van der Waals surface area contributed by atoms with Crippen molar-refractivity contribution in [2.45, 2.75) is 105 Å². The fraction of sp³-hybridized carbons (Fsp3) is 0.528. The van der Waals surface area contributed by atoms with Crippen LogP contribution in [0.5, 0.6) is 0 Å². The molecule has 0 bridgehead atoms. The Hall–Kier alpha value is -2.15. The van der Waals surface area contributed by atoms with E-state index in [1.54, 1.807) is 0 Å². The van der Waals surface area contributed by atoms with Crippen molar-refractivity contribution < 1.29 is 0 Å². The van der Waals surface area contributed by atoms with Crippen LogP contribution in [0.2, 0.25) is 0 Å². The number of hydrogen-bond donors (Lipinski definition) is 0. The van der Waals surface area contributed by atoms with E-state index in [0.29, 0.717) is 0 Å². The van der Waals surface area contributed by atoms with Crippen LogP contribution in [0.15, 0.2) is 55.6 Å². The van der Waals surface area contributed by atoms with Crippen molar-refractivity contribution in [3.8, 4) is 0 Å². The van der Waals surface area contributed by atoms with Gasteiger partial charge in [0.2, 0.25) is 0 Å². The zero-order chi connectivity index (χ0) is 26.8. The first-order chi connectivity index (χ1) is 17.8. The molecule has 0 unspecified atom stereocenters. The van der Waals surface area contributed by atoms with Crippen molar-refractivity contribution in [2.24, 2.45) is 17.8 Å². The van der Waals surface area contributed by atoms with Crippen molar-refractivity contribution in [1.29, 1.82) is 0 Å². The van der Waals surface area contributed by atoms with Crippen LogP contribution in [-0.2, 0) is 0 Å². The maximum absolute atomic E-state index is 4.57. The van der Waals surface area contributed by atoms with Crippen LogP contribution in [0, 0.1) is 24.7 Å². The third-order valence-corrected chi connectivity index (χ3v) is 8.67. The number of hydrogen-bond acceptors (Lipinski definition) is 0. The van der Waals surface area contributed by atoms with Crippen molar-refractivity contribution in [3.05, 3.63) is 77.9 Å². The Balaban J connectivity index is 1.81. The summed E-state index contributed by atoms with van der Waals surface area (Å²) in [4.78, 5) is 0. The van der Waals surface area contributed by atoms with E-state index in [1.165, 1.54) is 102 Å². The molecule has 1 aliphatic rings. The summed E-state index contributed by atoms with van der Waals surface area (Å²) < 4.78 is 0. The number of allylic oxidation sites excluding steroid dienone is 2. The van der Waals surface area contributed by atoms with Crippen LogP contribution in [-0.4, -0.2) is 12.4 Å². The molecule has 1 aliphatic carbocycles. The normalized spacial score (nSPS) is 18.8. The van der Waals surface area contributed by atoms with E-state index in [-0.39, 0.29) is 0 Å². The number of unbranched alkanes of at least 4 members (excludes halogenated alkanes) is 1. The van der Waals surface area contributed by atoms with E-state index in [1.807, 2.05) is 0 Å². The Kier molecular flexibility index (Phi) is 11.7. The van der Waals surface area contributed by atoms with Gasteiger partial charge >= 0.3 is 230 Å². The van der Waals surface area contributed by atoms with Crippen LogP contribution in [0.3, 0.4) is 0 Å². The van der Waals surface area contributed by atoms with Gasteiger partial charge in [0.1, 0.15) is 0 Å². The van der Waals surface area contributed by atoms with E-state index >= 15 is 0 Å². The zero-order valence-electron chi connectivity index (χ0n) is 24.5. The first-order valence-corrected chi connectivity index (χ1v) is 15.0. The Bertz CT molecular complexity index is 1060. The Morgan fingerprint density at radius 3 is 2.38 bits per heavy atom. The molecule has 0 spiro atoms. The van der Waals surface area contributed by atoms with Gasteiger partial charge in [-0.25, -0.2) is 0 Å². The van der Waals surface area contributed by atoms with E-state index in [9.17, 15) is 0 Å². The van der Waals surface area contributed by atoms with Gasteiger partial charge < -0.3 is 0 Å². The summed E-state index contributed by atoms with van der Waals surface area (Å²) in [6, 6.07) is 15.7. The van der Waals surface area contributed by atoms with Gasteiger partial charge in [0.25, 0.3) is 0 Å². The molecule has 3 rings (SSSR count). The SMILES string of the molecule is C=C(CC1CCC(C)CC1)c1ccc(C(=C)CCCC[C@@H](C)CCC)c(C(C)=Bc2ccccc2C)c1. The van der Waals surface area contributed by atoms with Gasteiger partial charge in [-0.15, -0.1) is 0 Å². The second kappa shape index (κ2) is 14.7.